The molecule has 3 aromatic rings. The first kappa shape index (κ1) is 25.4. The predicted octanol–water partition coefficient (Wildman–Crippen LogP) is 4.23. The van der Waals surface area contributed by atoms with Gasteiger partial charge in [0.05, 0.1) is 5.75 Å². The van der Waals surface area contributed by atoms with Gasteiger partial charge < -0.3 is 5.73 Å². The maximum Gasteiger partial charge on any atom is 0.261 e. The van der Waals surface area contributed by atoms with E-state index in [4.69, 9.17) is 17.3 Å². The van der Waals surface area contributed by atoms with Crippen molar-refractivity contribution >= 4 is 33.5 Å². The highest BCUT2D eigenvalue weighted by molar-refractivity contribution is 7.88. The van der Waals surface area contributed by atoms with Crippen molar-refractivity contribution in [2.24, 2.45) is 16.6 Å². The molecule has 0 radical (unpaired) electrons. The zero-order chi connectivity index (χ0) is 26.2. The van der Waals surface area contributed by atoms with E-state index in [9.17, 15) is 13.2 Å². The van der Waals surface area contributed by atoms with Crippen LogP contribution in [0, 0.1) is 5.92 Å². The first-order valence-electron chi connectivity index (χ1n) is 12.2. The minimum Gasteiger partial charge on any atom is -0.369 e. The first-order chi connectivity index (χ1) is 17.7. The Kier molecular flexibility index (Phi) is 6.83. The number of amides is 1. The van der Waals surface area contributed by atoms with Crippen LogP contribution in [0.1, 0.15) is 24.5 Å². The number of nitrogens with zero attached hydrogens (tertiary/aromatic N) is 3. The van der Waals surface area contributed by atoms with Gasteiger partial charge in [-0.05, 0) is 59.7 Å². The standard InChI is InChI=1S/C28H29ClN4O3S/c1-28(24-11-5-9-22(15-24)23-10-6-12-25(29)16-23)26(34)33(27(30)31-28)18-21-13-14-32(17-21)37(35,36)19-20-7-3-2-4-8-20/h2-12,15-16,21H,13-14,17-19H2,1H3,(H2,30,31)/t21-,28+/m0/s1. The van der Waals surface area contributed by atoms with Crippen molar-refractivity contribution in [1.29, 1.82) is 0 Å². The van der Waals surface area contributed by atoms with Crippen LogP contribution in [0.4, 0.5) is 0 Å². The number of rotatable bonds is 7. The summed E-state index contributed by atoms with van der Waals surface area (Å²) >= 11 is 6.17. The maximum absolute atomic E-state index is 13.6. The molecule has 0 saturated carbocycles. The Morgan fingerprint density at radius 1 is 1.03 bits per heavy atom. The van der Waals surface area contributed by atoms with Gasteiger partial charge in [-0.3, -0.25) is 9.69 Å². The summed E-state index contributed by atoms with van der Waals surface area (Å²) in [4.78, 5) is 19.7. The summed E-state index contributed by atoms with van der Waals surface area (Å²) in [6.45, 7) is 2.88. The summed E-state index contributed by atoms with van der Waals surface area (Å²) in [6, 6.07) is 24.4. The summed E-state index contributed by atoms with van der Waals surface area (Å²) in [7, 11) is -3.45. The van der Waals surface area contributed by atoms with Crippen molar-refractivity contribution in [2.45, 2.75) is 24.6 Å². The van der Waals surface area contributed by atoms with Gasteiger partial charge in [0, 0.05) is 24.7 Å². The minimum absolute atomic E-state index is 0.0246. The van der Waals surface area contributed by atoms with E-state index >= 15 is 0 Å². The topological polar surface area (TPSA) is 96.1 Å². The minimum atomic E-state index is -3.45. The summed E-state index contributed by atoms with van der Waals surface area (Å²) in [5, 5.41) is 0.635. The van der Waals surface area contributed by atoms with Gasteiger partial charge in [0.2, 0.25) is 10.0 Å². The van der Waals surface area contributed by atoms with Crippen molar-refractivity contribution in [3.05, 3.63) is 95.0 Å². The lowest BCUT2D eigenvalue weighted by atomic mass is 9.89. The molecule has 37 heavy (non-hydrogen) atoms. The monoisotopic (exact) mass is 536 g/mol. The Morgan fingerprint density at radius 2 is 1.73 bits per heavy atom. The van der Waals surface area contributed by atoms with Gasteiger partial charge in [-0.25, -0.2) is 17.7 Å². The molecule has 1 amide bonds. The smallest absolute Gasteiger partial charge is 0.261 e. The average Bonchev–Trinajstić information content (AvgIpc) is 3.44. The van der Waals surface area contributed by atoms with Crippen molar-refractivity contribution in [3.63, 3.8) is 0 Å². The largest absolute Gasteiger partial charge is 0.369 e. The zero-order valence-electron chi connectivity index (χ0n) is 20.5. The highest BCUT2D eigenvalue weighted by Crippen LogP contribution is 2.36. The number of aliphatic imine (C=N–C) groups is 1. The average molecular weight is 537 g/mol. The van der Waals surface area contributed by atoms with E-state index in [1.54, 1.807) is 6.92 Å². The molecule has 0 aromatic heterocycles. The van der Waals surface area contributed by atoms with Crippen LogP contribution >= 0.6 is 11.6 Å². The third kappa shape index (κ3) is 5.14. The van der Waals surface area contributed by atoms with Crippen LogP contribution in [0.2, 0.25) is 5.02 Å². The molecule has 5 rings (SSSR count). The van der Waals surface area contributed by atoms with Crippen molar-refractivity contribution in [1.82, 2.24) is 9.21 Å². The molecule has 2 atom stereocenters. The number of carbonyl (C=O) groups is 1. The Morgan fingerprint density at radius 3 is 2.46 bits per heavy atom. The van der Waals surface area contributed by atoms with Gasteiger partial charge in [0.25, 0.3) is 5.91 Å². The van der Waals surface area contributed by atoms with Crippen molar-refractivity contribution in [2.75, 3.05) is 19.6 Å². The molecule has 7 nitrogen and oxygen atoms in total. The van der Waals surface area contributed by atoms with E-state index in [0.717, 1.165) is 22.3 Å². The van der Waals surface area contributed by atoms with Crippen molar-refractivity contribution in [3.8, 4) is 11.1 Å². The zero-order valence-corrected chi connectivity index (χ0v) is 22.1. The number of benzene rings is 3. The second-order valence-electron chi connectivity index (χ2n) is 9.80. The van der Waals surface area contributed by atoms with Crippen LogP contribution in [0.3, 0.4) is 0 Å². The third-order valence-corrected chi connectivity index (χ3v) is 9.19. The highest BCUT2D eigenvalue weighted by Gasteiger charge is 2.46. The molecular weight excluding hydrogens is 508 g/mol. The number of hydrogen-bond acceptors (Lipinski definition) is 5. The van der Waals surface area contributed by atoms with Crippen LogP contribution in [0.25, 0.3) is 11.1 Å². The molecule has 2 heterocycles. The summed E-state index contributed by atoms with van der Waals surface area (Å²) in [6.07, 6.45) is 0.659. The molecule has 0 spiro atoms. The molecule has 2 aliphatic rings. The van der Waals surface area contributed by atoms with E-state index in [0.29, 0.717) is 31.1 Å². The van der Waals surface area contributed by atoms with E-state index < -0.39 is 15.6 Å². The second-order valence-corrected chi connectivity index (χ2v) is 12.2. The quantitative estimate of drug-likeness (QED) is 0.488. The van der Waals surface area contributed by atoms with Gasteiger partial charge in [-0.2, -0.15) is 0 Å². The van der Waals surface area contributed by atoms with Crippen LogP contribution in [-0.2, 0) is 26.1 Å². The maximum atomic E-state index is 13.6. The summed E-state index contributed by atoms with van der Waals surface area (Å²) in [5.41, 5.74) is 8.47. The number of nitrogens with two attached hydrogens (primary N) is 1. The Labute approximate surface area is 222 Å². The highest BCUT2D eigenvalue weighted by atomic mass is 35.5. The second kappa shape index (κ2) is 9.93. The molecule has 0 bridgehead atoms. The fraction of sp³-hybridized carbons (Fsp3) is 0.286. The SMILES string of the molecule is C[C@]1(c2cccc(-c3cccc(Cl)c3)c2)N=C(N)N(C[C@H]2CCN(S(=O)(=O)Cc3ccccc3)C2)C1=O. The van der Waals surface area contributed by atoms with Gasteiger partial charge in [-0.15, -0.1) is 0 Å². The van der Waals surface area contributed by atoms with Crippen molar-refractivity contribution < 1.29 is 13.2 Å². The lowest BCUT2D eigenvalue weighted by molar-refractivity contribution is -0.131. The molecule has 3 aromatic carbocycles. The Balaban J connectivity index is 1.29. The molecular formula is C28H29ClN4O3S. The van der Waals surface area contributed by atoms with E-state index in [2.05, 4.69) is 4.99 Å². The van der Waals surface area contributed by atoms with E-state index in [1.165, 1.54) is 9.21 Å². The van der Waals surface area contributed by atoms with Crippen LogP contribution in [-0.4, -0.2) is 49.1 Å². The number of hydrogen-bond donors (Lipinski definition) is 1. The molecule has 2 aliphatic heterocycles. The van der Waals surface area contributed by atoms with Gasteiger partial charge in [-0.1, -0.05) is 72.3 Å². The number of carbonyl (C=O) groups excluding carboxylic acids is 1. The van der Waals surface area contributed by atoms with E-state index in [-0.39, 0.29) is 23.5 Å². The van der Waals surface area contributed by atoms with E-state index in [1.807, 2.05) is 78.9 Å². The number of guanidine groups is 1. The molecule has 192 valence electrons. The fourth-order valence-corrected chi connectivity index (χ4v) is 6.88. The summed E-state index contributed by atoms with van der Waals surface area (Å²) < 4.78 is 27.4. The third-order valence-electron chi connectivity index (χ3n) is 7.13. The van der Waals surface area contributed by atoms with Gasteiger partial charge >= 0.3 is 0 Å². The lowest BCUT2D eigenvalue weighted by Gasteiger charge is -2.25. The van der Waals surface area contributed by atoms with Crippen LogP contribution < -0.4 is 5.73 Å². The van der Waals surface area contributed by atoms with Crippen LogP contribution in [0.5, 0.6) is 0 Å². The van der Waals surface area contributed by atoms with Gasteiger partial charge in [0.15, 0.2) is 11.5 Å². The Bertz CT molecular complexity index is 1460. The fourth-order valence-electron chi connectivity index (χ4n) is 5.07. The molecule has 1 saturated heterocycles. The number of halogens is 1. The Hall–Kier alpha value is -3.20. The summed E-state index contributed by atoms with van der Waals surface area (Å²) in [5.74, 6) is -0.109. The molecule has 9 heteroatoms. The molecule has 2 N–H and O–H groups in total. The van der Waals surface area contributed by atoms with Gasteiger partial charge in [0.1, 0.15) is 0 Å². The predicted molar refractivity (Wildman–Crippen MR) is 146 cm³/mol. The lowest BCUT2D eigenvalue weighted by Crippen LogP contribution is -2.44. The first-order valence-corrected chi connectivity index (χ1v) is 14.2. The molecule has 0 unspecified atom stereocenters. The molecule has 0 aliphatic carbocycles. The van der Waals surface area contributed by atoms with Crippen LogP contribution in [0.15, 0.2) is 83.9 Å². The number of sulfonamides is 1. The molecule has 1 fully saturated rings. The normalized spacial score (nSPS) is 22.4.